The summed E-state index contributed by atoms with van der Waals surface area (Å²) in [4.78, 5) is 33.7. The Bertz CT molecular complexity index is 1190. The molecule has 3 N–H and O–H groups in total. The van der Waals surface area contributed by atoms with E-state index >= 15 is 0 Å². The number of anilines is 1. The van der Waals surface area contributed by atoms with Crippen LogP contribution in [-0.4, -0.2) is 30.7 Å². The van der Waals surface area contributed by atoms with Crippen LogP contribution in [-0.2, 0) is 4.79 Å². The quantitative estimate of drug-likeness (QED) is 0.395. The molecule has 0 fully saturated rings. The average molecular weight is 458 g/mol. The number of thioether (sulfide) groups is 1. The fourth-order valence-electron chi connectivity index (χ4n) is 2.74. The highest BCUT2D eigenvalue weighted by Crippen LogP contribution is 2.26. The van der Waals surface area contributed by atoms with E-state index in [2.05, 4.69) is 36.2 Å². The Labute approximate surface area is 172 Å². The van der Waals surface area contributed by atoms with Gasteiger partial charge in [0, 0.05) is 28.2 Å². The normalized spacial score (nSPS) is 12.2. The van der Waals surface area contributed by atoms with Gasteiger partial charge in [-0.15, -0.1) is 0 Å². The highest BCUT2D eigenvalue weighted by Gasteiger charge is 2.18. The van der Waals surface area contributed by atoms with Crippen molar-refractivity contribution < 1.29 is 4.79 Å². The van der Waals surface area contributed by atoms with E-state index in [4.69, 9.17) is 0 Å². The van der Waals surface area contributed by atoms with Crippen LogP contribution in [0.1, 0.15) is 6.92 Å². The summed E-state index contributed by atoms with van der Waals surface area (Å²) in [6.07, 6.45) is 3.58. The first-order valence-corrected chi connectivity index (χ1v) is 10.2. The molecule has 0 unspecified atom stereocenters. The van der Waals surface area contributed by atoms with Crippen LogP contribution < -0.4 is 11.0 Å². The SMILES string of the molecule is C[C@@H](Sc1nccn1-c1ccc(Br)cc1)C(=O)Nc1ccc2[nH]c(=O)[nH]c2c1. The lowest BCUT2D eigenvalue weighted by atomic mass is 10.2. The number of hydrogen-bond donors (Lipinski definition) is 3. The molecule has 0 radical (unpaired) electrons. The van der Waals surface area contributed by atoms with Crippen molar-refractivity contribution in [2.75, 3.05) is 5.32 Å². The number of H-pyrrole nitrogens is 2. The third-order valence-electron chi connectivity index (χ3n) is 4.15. The maximum absolute atomic E-state index is 12.6. The van der Waals surface area contributed by atoms with E-state index in [0.717, 1.165) is 15.3 Å². The van der Waals surface area contributed by atoms with E-state index < -0.39 is 0 Å². The first-order chi connectivity index (χ1) is 13.5. The fourth-order valence-corrected chi connectivity index (χ4v) is 3.89. The summed E-state index contributed by atoms with van der Waals surface area (Å²) < 4.78 is 2.94. The molecule has 2 aromatic carbocycles. The van der Waals surface area contributed by atoms with E-state index in [0.29, 0.717) is 16.7 Å². The van der Waals surface area contributed by atoms with Crippen LogP contribution in [0.5, 0.6) is 0 Å². The molecule has 1 atom stereocenters. The molecule has 1 amide bonds. The van der Waals surface area contributed by atoms with Gasteiger partial charge < -0.3 is 15.3 Å². The number of carbonyl (C=O) groups excluding carboxylic acids is 1. The second kappa shape index (κ2) is 7.69. The predicted molar refractivity (Wildman–Crippen MR) is 114 cm³/mol. The molecule has 0 aliphatic carbocycles. The largest absolute Gasteiger partial charge is 0.325 e. The molecule has 0 bridgehead atoms. The number of nitrogens with one attached hydrogen (secondary N) is 3. The maximum atomic E-state index is 12.6. The highest BCUT2D eigenvalue weighted by atomic mass is 79.9. The lowest BCUT2D eigenvalue weighted by Gasteiger charge is -2.13. The zero-order chi connectivity index (χ0) is 19.7. The Hall–Kier alpha value is -2.78. The molecule has 0 aliphatic heterocycles. The number of benzene rings is 2. The number of hydrogen-bond acceptors (Lipinski definition) is 4. The topological polar surface area (TPSA) is 95.6 Å². The number of nitrogens with zero attached hydrogens (tertiary/aromatic N) is 2. The molecule has 9 heteroatoms. The molecule has 7 nitrogen and oxygen atoms in total. The van der Waals surface area contributed by atoms with Gasteiger partial charge in [0.25, 0.3) is 0 Å². The van der Waals surface area contributed by atoms with Gasteiger partial charge in [0.1, 0.15) is 0 Å². The summed E-state index contributed by atoms with van der Waals surface area (Å²) in [6, 6.07) is 13.1. The van der Waals surface area contributed by atoms with E-state index in [-0.39, 0.29) is 16.8 Å². The second-order valence-corrected chi connectivity index (χ2v) is 8.37. The first-order valence-electron chi connectivity index (χ1n) is 8.48. The molecule has 0 aliphatic rings. The van der Waals surface area contributed by atoms with Crippen molar-refractivity contribution >= 4 is 50.3 Å². The monoisotopic (exact) mass is 457 g/mol. The molecule has 2 heterocycles. The minimum atomic E-state index is -0.363. The van der Waals surface area contributed by atoms with Crippen molar-refractivity contribution in [2.24, 2.45) is 0 Å². The molecule has 28 heavy (non-hydrogen) atoms. The number of carbonyl (C=O) groups is 1. The van der Waals surface area contributed by atoms with Gasteiger partial charge in [0.05, 0.1) is 16.3 Å². The predicted octanol–water partition coefficient (Wildman–Crippen LogP) is 3.92. The second-order valence-electron chi connectivity index (χ2n) is 6.15. The van der Waals surface area contributed by atoms with Crippen LogP contribution >= 0.6 is 27.7 Å². The smallest absolute Gasteiger partial charge is 0.323 e. The van der Waals surface area contributed by atoms with Gasteiger partial charge in [-0.1, -0.05) is 27.7 Å². The Kier molecular flexibility index (Phi) is 5.10. The van der Waals surface area contributed by atoms with Gasteiger partial charge in [-0.25, -0.2) is 9.78 Å². The van der Waals surface area contributed by atoms with Crippen molar-refractivity contribution in [3.63, 3.8) is 0 Å². The fraction of sp³-hybridized carbons (Fsp3) is 0.105. The van der Waals surface area contributed by atoms with Gasteiger partial charge >= 0.3 is 5.69 Å². The Morgan fingerprint density at radius 3 is 2.71 bits per heavy atom. The van der Waals surface area contributed by atoms with Gasteiger partial charge in [0.15, 0.2) is 5.16 Å². The number of imidazole rings is 2. The number of aromatic nitrogens is 4. The maximum Gasteiger partial charge on any atom is 0.323 e. The van der Waals surface area contributed by atoms with Crippen LogP contribution in [0, 0.1) is 0 Å². The molecule has 4 rings (SSSR count). The third-order valence-corrected chi connectivity index (χ3v) is 5.76. The number of rotatable bonds is 5. The summed E-state index contributed by atoms with van der Waals surface area (Å²) in [7, 11) is 0. The summed E-state index contributed by atoms with van der Waals surface area (Å²) in [6.45, 7) is 1.83. The van der Waals surface area contributed by atoms with Gasteiger partial charge in [-0.2, -0.15) is 0 Å². The first kappa shape index (κ1) is 18.6. The van der Waals surface area contributed by atoms with E-state index in [1.54, 1.807) is 24.4 Å². The Morgan fingerprint density at radius 1 is 1.18 bits per heavy atom. The van der Waals surface area contributed by atoms with E-state index in [9.17, 15) is 9.59 Å². The number of fused-ring (bicyclic) bond motifs is 1. The number of amides is 1. The van der Waals surface area contributed by atoms with Crippen LogP contribution in [0.3, 0.4) is 0 Å². The van der Waals surface area contributed by atoms with Crippen LogP contribution in [0.4, 0.5) is 5.69 Å². The molecule has 4 aromatic rings. The van der Waals surface area contributed by atoms with E-state index in [1.807, 2.05) is 42.0 Å². The highest BCUT2D eigenvalue weighted by molar-refractivity contribution is 9.10. The summed E-state index contributed by atoms with van der Waals surface area (Å²) in [5.41, 5.74) is 2.66. The van der Waals surface area contributed by atoms with Gasteiger partial charge in [-0.3, -0.25) is 9.36 Å². The zero-order valence-electron chi connectivity index (χ0n) is 14.8. The van der Waals surface area contributed by atoms with Crippen molar-refractivity contribution in [3.8, 4) is 5.69 Å². The van der Waals surface area contributed by atoms with Crippen molar-refractivity contribution in [2.45, 2.75) is 17.3 Å². The molecule has 0 spiro atoms. The number of aromatic amines is 2. The average Bonchev–Trinajstić information content (AvgIpc) is 3.27. The minimum absolute atomic E-state index is 0.146. The molecule has 2 aromatic heterocycles. The zero-order valence-corrected chi connectivity index (χ0v) is 17.2. The van der Waals surface area contributed by atoms with Gasteiger partial charge in [-0.05, 0) is 49.4 Å². The standard InChI is InChI=1S/C19H16BrN5O2S/c1-11(17(26)22-13-4-7-15-16(10-13)24-18(27)23-15)28-19-21-8-9-25(19)14-5-2-12(20)3-6-14/h2-11H,1H3,(H,22,26)(H2,23,24,27)/t11-/m1/s1. The third kappa shape index (κ3) is 3.90. The molecular formula is C19H16BrN5O2S. The molecule has 142 valence electrons. The number of halogens is 1. The lowest BCUT2D eigenvalue weighted by Crippen LogP contribution is -2.22. The Morgan fingerprint density at radius 2 is 1.93 bits per heavy atom. The summed E-state index contributed by atoms with van der Waals surface area (Å²) in [5.74, 6) is -0.146. The van der Waals surface area contributed by atoms with Gasteiger partial charge in [0.2, 0.25) is 5.91 Å². The summed E-state index contributed by atoms with van der Waals surface area (Å²) in [5, 5.41) is 3.25. The molecule has 0 saturated heterocycles. The Balaban J connectivity index is 1.48. The van der Waals surface area contributed by atoms with Crippen LogP contribution in [0.25, 0.3) is 16.7 Å². The van der Waals surface area contributed by atoms with Crippen molar-refractivity contribution in [1.82, 2.24) is 19.5 Å². The molecular weight excluding hydrogens is 442 g/mol. The molecule has 0 saturated carbocycles. The van der Waals surface area contributed by atoms with E-state index in [1.165, 1.54) is 11.8 Å². The van der Waals surface area contributed by atoms with Crippen molar-refractivity contribution in [3.05, 3.63) is 69.8 Å². The van der Waals surface area contributed by atoms with Crippen LogP contribution in [0.2, 0.25) is 0 Å². The summed E-state index contributed by atoms with van der Waals surface area (Å²) >= 11 is 4.81. The lowest BCUT2D eigenvalue weighted by molar-refractivity contribution is -0.115. The van der Waals surface area contributed by atoms with Crippen molar-refractivity contribution in [1.29, 1.82) is 0 Å². The minimum Gasteiger partial charge on any atom is -0.325 e. The van der Waals surface area contributed by atoms with Crippen LogP contribution in [0.15, 0.2) is 69.3 Å².